The number of hydrogen-bond acceptors (Lipinski definition) is 4. The molecule has 0 unspecified atom stereocenters. The molecule has 0 heterocycles. The number of ether oxygens (including phenoxy) is 1. The molecule has 0 aromatic heterocycles. The van der Waals surface area contributed by atoms with Crippen LogP contribution in [-0.4, -0.2) is 31.7 Å². The van der Waals surface area contributed by atoms with E-state index in [1.165, 1.54) is 12.8 Å². The van der Waals surface area contributed by atoms with Crippen LogP contribution < -0.4 is 5.32 Å². The predicted octanol–water partition coefficient (Wildman–Crippen LogP) is 2.54. The average molecular weight is 278 g/mol. The Morgan fingerprint density at radius 2 is 2.15 bits per heavy atom. The van der Waals surface area contributed by atoms with E-state index in [0.29, 0.717) is 11.8 Å². The van der Waals surface area contributed by atoms with E-state index in [9.17, 15) is 10.1 Å². The fraction of sp³-hybridized carbons (Fsp3) is 0.600. The number of hydrogen-bond donors (Lipinski definition) is 1. The monoisotopic (exact) mass is 278 g/mol. The summed E-state index contributed by atoms with van der Waals surface area (Å²) in [5.41, 5.74) is 1.43. The molecule has 1 aliphatic carbocycles. The first-order valence-electron chi connectivity index (χ1n) is 7.09. The molecule has 5 nitrogen and oxygen atoms in total. The summed E-state index contributed by atoms with van der Waals surface area (Å²) >= 11 is 0. The molecule has 0 radical (unpaired) electrons. The Balaban J connectivity index is 1.75. The number of nitrogens with zero attached hydrogens (tertiary/aromatic N) is 1. The number of nitrogens with one attached hydrogen (secondary N) is 1. The van der Waals surface area contributed by atoms with Gasteiger partial charge in [-0.25, -0.2) is 0 Å². The minimum absolute atomic E-state index is 0.217. The molecule has 20 heavy (non-hydrogen) atoms. The van der Waals surface area contributed by atoms with Gasteiger partial charge in [0.15, 0.2) is 0 Å². The molecule has 2 rings (SSSR count). The lowest BCUT2D eigenvalue weighted by molar-refractivity contribution is -0.385. The molecule has 1 fully saturated rings. The first-order chi connectivity index (χ1) is 9.67. The van der Waals surface area contributed by atoms with Crippen molar-refractivity contribution in [3.05, 3.63) is 39.9 Å². The third-order valence-corrected chi connectivity index (χ3v) is 4.05. The summed E-state index contributed by atoms with van der Waals surface area (Å²) in [5, 5.41) is 14.3. The first kappa shape index (κ1) is 14.9. The van der Waals surface area contributed by atoms with Gasteiger partial charge in [0.1, 0.15) is 0 Å². The van der Waals surface area contributed by atoms with Gasteiger partial charge < -0.3 is 10.1 Å². The van der Waals surface area contributed by atoms with Crippen molar-refractivity contribution >= 4 is 5.69 Å². The Morgan fingerprint density at radius 1 is 1.40 bits per heavy atom. The van der Waals surface area contributed by atoms with Gasteiger partial charge in [-0.3, -0.25) is 10.1 Å². The second-order valence-electron chi connectivity index (χ2n) is 5.56. The zero-order valence-electron chi connectivity index (χ0n) is 11.9. The average Bonchev–Trinajstić information content (AvgIpc) is 3.22. The molecule has 0 atom stereocenters. The quantitative estimate of drug-likeness (QED) is 0.428. The topological polar surface area (TPSA) is 64.4 Å². The molecular weight excluding hydrogens is 256 g/mol. The third-order valence-electron chi connectivity index (χ3n) is 4.05. The summed E-state index contributed by atoms with van der Waals surface area (Å²) in [5.74, 6) is 0. The van der Waals surface area contributed by atoms with E-state index in [1.54, 1.807) is 19.2 Å². The SMILES string of the molecule is COCCC1(CNCCc2ccccc2[N+](=O)[O-])CC1. The molecular formula is C15H22N2O3. The lowest BCUT2D eigenvalue weighted by Crippen LogP contribution is -2.27. The summed E-state index contributed by atoms with van der Waals surface area (Å²) in [7, 11) is 1.73. The molecule has 0 aliphatic heterocycles. The van der Waals surface area contributed by atoms with Gasteiger partial charge in [0.2, 0.25) is 0 Å². The number of rotatable bonds is 9. The zero-order chi connectivity index (χ0) is 14.4. The van der Waals surface area contributed by atoms with Gasteiger partial charge in [-0.05, 0) is 37.6 Å². The Morgan fingerprint density at radius 3 is 2.80 bits per heavy atom. The number of nitro groups is 1. The second-order valence-corrected chi connectivity index (χ2v) is 5.56. The van der Waals surface area contributed by atoms with Crippen LogP contribution in [-0.2, 0) is 11.2 Å². The summed E-state index contributed by atoms with van der Waals surface area (Å²) < 4.78 is 5.13. The molecule has 0 bridgehead atoms. The molecule has 5 heteroatoms. The largest absolute Gasteiger partial charge is 0.385 e. The van der Waals surface area contributed by atoms with Gasteiger partial charge in [0, 0.05) is 31.9 Å². The maximum Gasteiger partial charge on any atom is 0.272 e. The second kappa shape index (κ2) is 6.81. The highest BCUT2D eigenvalue weighted by atomic mass is 16.6. The van der Waals surface area contributed by atoms with Crippen LogP contribution in [0.1, 0.15) is 24.8 Å². The number of methoxy groups -OCH3 is 1. The van der Waals surface area contributed by atoms with Crippen LogP contribution >= 0.6 is 0 Å². The minimum Gasteiger partial charge on any atom is -0.385 e. The molecule has 0 spiro atoms. The van der Waals surface area contributed by atoms with E-state index >= 15 is 0 Å². The molecule has 0 amide bonds. The molecule has 1 aliphatic rings. The van der Waals surface area contributed by atoms with E-state index in [0.717, 1.165) is 31.7 Å². The Bertz CT molecular complexity index is 458. The maximum atomic E-state index is 10.9. The van der Waals surface area contributed by atoms with Crippen molar-refractivity contribution in [3.63, 3.8) is 0 Å². The lowest BCUT2D eigenvalue weighted by Gasteiger charge is -2.15. The van der Waals surface area contributed by atoms with Crippen molar-refractivity contribution in [2.24, 2.45) is 5.41 Å². The normalized spacial score (nSPS) is 16.1. The van der Waals surface area contributed by atoms with Crippen LogP contribution in [0.3, 0.4) is 0 Å². The predicted molar refractivity (Wildman–Crippen MR) is 77.8 cm³/mol. The van der Waals surface area contributed by atoms with Crippen LogP contribution in [0.5, 0.6) is 0 Å². The van der Waals surface area contributed by atoms with Gasteiger partial charge >= 0.3 is 0 Å². The highest BCUT2D eigenvalue weighted by Gasteiger charge is 2.41. The Kier molecular flexibility index (Phi) is 5.09. The van der Waals surface area contributed by atoms with Gasteiger partial charge in [0.05, 0.1) is 4.92 Å². The molecule has 1 aromatic carbocycles. The molecule has 1 aromatic rings. The number of nitro benzene ring substituents is 1. The summed E-state index contributed by atoms with van der Waals surface area (Å²) in [6.07, 6.45) is 4.31. The summed E-state index contributed by atoms with van der Waals surface area (Å²) in [6, 6.07) is 6.95. The third kappa shape index (κ3) is 4.02. The Hall–Kier alpha value is -1.46. The van der Waals surface area contributed by atoms with Gasteiger partial charge in [0.25, 0.3) is 5.69 Å². The van der Waals surface area contributed by atoms with E-state index in [2.05, 4.69) is 5.32 Å². The van der Waals surface area contributed by atoms with Gasteiger partial charge in [-0.15, -0.1) is 0 Å². The van der Waals surface area contributed by atoms with Crippen molar-refractivity contribution in [2.75, 3.05) is 26.8 Å². The van der Waals surface area contributed by atoms with Crippen LogP contribution in [0.15, 0.2) is 24.3 Å². The molecule has 1 saturated carbocycles. The zero-order valence-corrected chi connectivity index (χ0v) is 11.9. The van der Waals surface area contributed by atoms with E-state index in [4.69, 9.17) is 4.74 Å². The summed E-state index contributed by atoms with van der Waals surface area (Å²) in [4.78, 5) is 10.6. The van der Waals surface area contributed by atoms with Crippen molar-refractivity contribution in [3.8, 4) is 0 Å². The van der Waals surface area contributed by atoms with Gasteiger partial charge in [-0.1, -0.05) is 18.2 Å². The minimum atomic E-state index is -0.309. The van der Waals surface area contributed by atoms with Crippen molar-refractivity contribution in [1.82, 2.24) is 5.32 Å². The lowest BCUT2D eigenvalue weighted by atomic mass is 10.0. The number of para-hydroxylation sites is 1. The fourth-order valence-corrected chi connectivity index (χ4v) is 2.49. The Labute approximate surface area is 119 Å². The van der Waals surface area contributed by atoms with E-state index in [-0.39, 0.29) is 10.6 Å². The van der Waals surface area contributed by atoms with Crippen molar-refractivity contribution in [2.45, 2.75) is 25.7 Å². The maximum absolute atomic E-state index is 10.9. The summed E-state index contributed by atoms with van der Waals surface area (Å²) in [6.45, 7) is 2.57. The van der Waals surface area contributed by atoms with Crippen LogP contribution in [0.2, 0.25) is 0 Å². The van der Waals surface area contributed by atoms with Gasteiger partial charge in [-0.2, -0.15) is 0 Å². The first-order valence-corrected chi connectivity index (χ1v) is 7.09. The highest BCUT2D eigenvalue weighted by Crippen LogP contribution is 2.48. The molecule has 1 N–H and O–H groups in total. The van der Waals surface area contributed by atoms with E-state index < -0.39 is 0 Å². The fourth-order valence-electron chi connectivity index (χ4n) is 2.49. The standard InChI is InChI=1S/C15H22N2O3/c1-20-11-9-15(7-8-15)12-16-10-6-13-4-2-3-5-14(13)17(18)19/h2-5,16H,6-12H2,1H3. The van der Waals surface area contributed by atoms with Crippen LogP contribution in [0.25, 0.3) is 0 Å². The molecule has 110 valence electrons. The molecule has 0 saturated heterocycles. The van der Waals surface area contributed by atoms with Crippen molar-refractivity contribution < 1.29 is 9.66 Å². The smallest absolute Gasteiger partial charge is 0.272 e. The number of benzene rings is 1. The van der Waals surface area contributed by atoms with Crippen LogP contribution in [0, 0.1) is 15.5 Å². The van der Waals surface area contributed by atoms with Crippen LogP contribution in [0.4, 0.5) is 5.69 Å². The highest BCUT2D eigenvalue weighted by molar-refractivity contribution is 5.39. The van der Waals surface area contributed by atoms with E-state index in [1.807, 2.05) is 12.1 Å². The van der Waals surface area contributed by atoms with Crippen molar-refractivity contribution in [1.29, 1.82) is 0 Å².